The van der Waals surface area contributed by atoms with Crippen molar-refractivity contribution in [2.45, 2.75) is 38.3 Å². The summed E-state index contributed by atoms with van der Waals surface area (Å²) in [5.74, 6) is 0.137. The molecule has 28 heavy (non-hydrogen) atoms. The van der Waals surface area contributed by atoms with E-state index in [-0.39, 0.29) is 24.4 Å². The van der Waals surface area contributed by atoms with Crippen LogP contribution in [0.15, 0.2) is 36.4 Å². The van der Waals surface area contributed by atoms with Gasteiger partial charge in [0.2, 0.25) is 5.91 Å². The van der Waals surface area contributed by atoms with Crippen molar-refractivity contribution in [3.8, 4) is 0 Å². The minimum absolute atomic E-state index is 0.0284. The summed E-state index contributed by atoms with van der Waals surface area (Å²) in [4.78, 5) is 26.5. The zero-order chi connectivity index (χ0) is 19.3. The number of likely N-dealkylation sites (tertiary alicyclic amines) is 1. The first-order valence-electron chi connectivity index (χ1n) is 9.66. The Bertz CT molecular complexity index is 852. The van der Waals surface area contributed by atoms with E-state index in [4.69, 9.17) is 4.74 Å². The topological polar surface area (TPSA) is 90.2 Å². The lowest BCUT2D eigenvalue weighted by atomic mass is 9.97. The van der Waals surface area contributed by atoms with Gasteiger partial charge >= 0.3 is 5.97 Å². The molecule has 1 saturated heterocycles. The molecule has 1 aliphatic carbocycles. The van der Waals surface area contributed by atoms with Gasteiger partial charge in [-0.3, -0.25) is 9.59 Å². The SMILES string of the molecule is O=C(OCc1nnnn1C1CC1)C1CCN(C(=O)/C=C/c2ccccc2)CC1. The van der Waals surface area contributed by atoms with Gasteiger partial charge in [0.25, 0.3) is 0 Å². The summed E-state index contributed by atoms with van der Waals surface area (Å²) in [6.45, 7) is 1.20. The van der Waals surface area contributed by atoms with Crippen LogP contribution in [0.1, 0.15) is 43.1 Å². The lowest BCUT2D eigenvalue weighted by Gasteiger charge is -2.30. The molecule has 146 valence electrons. The number of aromatic nitrogens is 4. The number of ether oxygens (including phenoxy) is 1. The molecule has 1 amide bonds. The van der Waals surface area contributed by atoms with Crippen LogP contribution in [0.3, 0.4) is 0 Å². The highest BCUT2D eigenvalue weighted by Gasteiger charge is 2.30. The standard InChI is InChI=1S/C20H23N5O3/c26-19(9-6-15-4-2-1-3-5-15)24-12-10-16(11-13-24)20(27)28-14-18-21-22-23-25(18)17-7-8-17/h1-6,9,16-17H,7-8,10-14H2/b9-6+. The van der Waals surface area contributed by atoms with Crippen LogP contribution in [0, 0.1) is 5.92 Å². The van der Waals surface area contributed by atoms with Crippen molar-refractivity contribution in [1.29, 1.82) is 0 Å². The number of carbonyl (C=O) groups is 2. The monoisotopic (exact) mass is 381 g/mol. The van der Waals surface area contributed by atoms with Gasteiger partial charge < -0.3 is 9.64 Å². The van der Waals surface area contributed by atoms with Crippen molar-refractivity contribution >= 4 is 18.0 Å². The van der Waals surface area contributed by atoms with Crippen LogP contribution >= 0.6 is 0 Å². The van der Waals surface area contributed by atoms with E-state index in [0.717, 1.165) is 18.4 Å². The summed E-state index contributed by atoms with van der Waals surface area (Å²) in [7, 11) is 0. The van der Waals surface area contributed by atoms with E-state index in [9.17, 15) is 9.59 Å². The van der Waals surface area contributed by atoms with Crippen molar-refractivity contribution < 1.29 is 14.3 Å². The normalized spacial score (nSPS) is 17.8. The van der Waals surface area contributed by atoms with Gasteiger partial charge in [0.05, 0.1) is 12.0 Å². The number of carbonyl (C=O) groups excluding carboxylic acids is 2. The maximum absolute atomic E-state index is 12.4. The van der Waals surface area contributed by atoms with E-state index in [2.05, 4.69) is 15.5 Å². The number of esters is 1. The third-order valence-corrected chi connectivity index (χ3v) is 5.16. The molecule has 2 fully saturated rings. The molecular weight excluding hydrogens is 358 g/mol. The van der Waals surface area contributed by atoms with Gasteiger partial charge in [0.15, 0.2) is 12.4 Å². The molecule has 4 rings (SSSR count). The minimum Gasteiger partial charge on any atom is -0.457 e. The molecule has 8 heteroatoms. The van der Waals surface area contributed by atoms with Crippen LogP contribution < -0.4 is 0 Å². The Hall–Kier alpha value is -3.03. The first kappa shape index (κ1) is 18.3. The lowest BCUT2D eigenvalue weighted by molar-refractivity contribution is -0.152. The highest BCUT2D eigenvalue weighted by molar-refractivity contribution is 5.92. The number of nitrogens with zero attached hydrogens (tertiary/aromatic N) is 5. The van der Waals surface area contributed by atoms with E-state index in [0.29, 0.717) is 37.8 Å². The number of hydrogen-bond donors (Lipinski definition) is 0. The Morgan fingerprint density at radius 2 is 1.86 bits per heavy atom. The number of benzene rings is 1. The molecule has 0 bridgehead atoms. The van der Waals surface area contributed by atoms with Gasteiger partial charge in [0, 0.05) is 19.2 Å². The Morgan fingerprint density at radius 1 is 1.11 bits per heavy atom. The zero-order valence-electron chi connectivity index (χ0n) is 15.6. The second-order valence-corrected chi connectivity index (χ2v) is 7.22. The number of amides is 1. The summed E-state index contributed by atoms with van der Waals surface area (Å²) < 4.78 is 7.17. The number of tetrazole rings is 1. The highest BCUT2D eigenvalue weighted by atomic mass is 16.5. The molecule has 1 aliphatic heterocycles. The summed E-state index contributed by atoms with van der Waals surface area (Å²) in [6.07, 6.45) is 6.75. The summed E-state index contributed by atoms with van der Waals surface area (Å²) in [6, 6.07) is 10.1. The Labute approximate surface area is 163 Å². The van der Waals surface area contributed by atoms with E-state index >= 15 is 0 Å². The van der Waals surface area contributed by atoms with Gasteiger partial charge in [-0.25, -0.2) is 4.68 Å². The van der Waals surface area contributed by atoms with E-state index in [1.807, 2.05) is 36.4 Å². The molecule has 1 saturated carbocycles. The molecule has 2 heterocycles. The van der Waals surface area contributed by atoms with Crippen LogP contribution in [0.5, 0.6) is 0 Å². The molecule has 0 unspecified atom stereocenters. The average molecular weight is 381 g/mol. The molecular formula is C20H23N5O3. The van der Waals surface area contributed by atoms with Crippen molar-refractivity contribution in [3.63, 3.8) is 0 Å². The molecule has 0 radical (unpaired) electrons. The molecule has 1 aromatic carbocycles. The predicted octanol–water partition coefficient (Wildman–Crippen LogP) is 2.00. The quantitative estimate of drug-likeness (QED) is 0.562. The summed E-state index contributed by atoms with van der Waals surface area (Å²) in [5.41, 5.74) is 0.989. The summed E-state index contributed by atoms with van der Waals surface area (Å²) >= 11 is 0. The first-order valence-corrected chi connectivity index (χ1v) is 9.66. The fourth-order valence-corrected chi connectivity index (χ4v) is 3.34. The average Bonchev–Trinajstić information content (AvgIpc) is 3.48. The maximum atomic E-state index is 12.4. The molecule has 2 aromatic rings. The van der Waals surface area contributed by atoms with Gasteiger partial charge in [-0.2, -0.15) is 0 Å². The minimum atomic E-state index is -0.239. The maximum Gasteiger partial charge on any atom is 0.309 e. The van der Waals surface area contributed by atoms with Crippen molar-refractivity contribution in [2.75, 3.05) is 13.1 Å². The fraction of sp³-hybridized carbons (Fsp3) is 0.450. The molecule has 0 atom stereocenters. The summed E-state index contributed by atoms with van der Waals surface area (Å²) in [5, 5.41) is 11.6. The van der Waals surface area contributed by atoms with Crippen molar-refractivity contribution in [3.05, 3.63) is 47.8 Å². The molecule has 0 N–H and O–H groups in total. The van der Waals surface area contributed by atoms with Gasteiger partial charge in [-0.1, -0.05) is 30.3 Å². The smallest absolute Gasteiger partial charge is 0.309 e. The first-order chi connectivity index (χ1) is 13.7. The van der Waals surface area contributed by atoms with Gasteiger partial charge in [0.1, 0.15) is 0 Å². The van der Waals surface area contributed by atoms with Crippen LogP contribution in [-0.2, 0) is 20.9 Å². The predicted molar refractivity (Wildman–Crippen MR) is 101 cm³/mol. The Balaban J connectivity index is 1.23. The van der Waals surface area contributed by atoms with E-state index in [1.54, 1.807) is 15.7 Å². The van der Waals surface area contributed by atoms with Crippen LogP contribution in [0.25, 0.3) is 6.08 Å². The zero-order valence-corrected chi connectivity index (χ0v) is 15.6. The molecule has 2 aliphatic rings. The fourth-order valence-electron chi connectivity index (χ4n) is 3.34. The third kappa shape index (κ3) is 4.44. The van der Waals surface area contributed by atoms with Crippen molar-refractivity contribution in [2.24, 2.45) is 5.92 Å². The van der Waals surface area contributed by atoms with Crippen LogP contribution in [0.2, 0.25) is 0 Å². The van der Waals surface area contributed by atoms with Crippen LogP contribution in [0.4, 0.5) is 0 Å². The number of rotatable bonds is 6. The Morgan fingerprint density at radius 3 is 2.57 bits per heavy atom. The molecule has 1 aromatic heterocycles. The van der Waals surface area contributed by atoms with E-state index in [1.165, 1.54) is 0 Å². The largest absolute Gasteiger partial charge is 0.457 e. The highest BCUT2D eigenvalue weighted by Crippen LogP contribution is 2.34. The second kappa shape index (κ2) is 8.33. The lowest BCUT2D eigenvalue weighted by Crippen LogP contribution is -2.39. The Kier molecular flexibility index (Phi) is 5.45. The van der Waals surface area contributed by atoms with Gasteiger partial charge in [-0.05, 0) is 47.7 Å². The van der Waals surface area contributed by atoms with Gasteiger partial charge in [-0.15, -0.1) is 5.10 Å². The number of hydrogen-bond acceptors (Lipinski definition) is 6. The third-order valence-electron chi connectivity index (χ3n) is 5.16. The second-order valence-electron chi connectivity index (χ2n) is 7.22. The van der Waals surface area contributed by atoms with Crippen molar-refractivity contribution in [1.82, 2.24) is 25.1 Å². The van der Waals surface area contributed by atoms with E-state index < -0.39 is 0 Å². The molecule has 8 nitrogen and oxygen atoms in total. The molecule has 0 spiro atoms. The number of piperidine rings is 1. The van der Waals surface area contributed by atoms with Crippen LogP contribution in [-0.4, -0.2) is 50.1 Å².